The summed E-state index contributed by atoms with van der Waals surface area (Å²) in [6, 6.07) is 18.8. The molecule has 2 aromatic carbocycles. The van der Waals surface area contributed by atoms with E-state index in [1.807, 2.05) is 30.3 Å². The number of nitrogens with one attached hydrogen (secondary N) is 1. The van der Waals surface area contributed by atoms with Gasteiger partial charge in [-0.1, -0.05) is 30.3 Å². The Morgan fingerprint density at radius 2 is 1.72 bits per heavy atom. The van der Waals surface area contributed by atoms with Crippen LogP contribution in [0.5, 0.6) is 5.75 Å². The summed E-state index contributed by atoms with van der Waals surface area (Å²) < 4.78 is 34.1. The number of sulfone groups is 1. The fourth-order valence-corrected chi connectivity index (χ4v) is 3.08. The van der Waals surface area contributed by atoms with Crippen molar-refractivity contribution in [2.45, 2.75) is 18.4 Å². The Bertz CT molecular complexity index is 1120. The molecule has 8 heteroatoms. The Hall–Kier alpha value is -3.39. The van der Waals surface area contributed by atoms with Crippen LogP contribution >= 0.6 is 0 Å². The minimum atomic E-state index is -3.26. The molecule has 0 unspecified atom stereocenters. The largest absolute Gasteiger partial charge is 0.486 e. The van der Waals surface area contributed by atoms with Crippen LogP contribution in [0.15, 0.2) is 81.1 Å². The number of hydrogen-bond donors (Lipinski definition) is 1. The Balaban J connectivity index is 1.59. The van der Waals surface area contributed by atoms with Crippen LogP contribution in [0.2, 0.25) is 0 Å². The summed E-state index contributed by atoms with van der Waals surface area (Å²) in [4.78, 5) is 12.4. The number of hydrazone groups is 1. The van der Waals surface area contributed by atoms with E-state index in [0.717, 1.165) is 6.26 Å². The number of ether oxygens (including phenoxy) is 1. The van der Waals surface area contributed by atoms with Crippen molar-refractivity contribution in [2.75, 3.05) is 6.26 Å². The number of nitrogens with zero attached hydrogens (tertiary/aromatic N) is 1. The molecule has 0 aliphatic heterocycles. The van der Waals surface area contributed by atoms with Crippen LogP contribution in [0.25, 0.3) is 0 Å². The van der Waals surface area contributed by atoms with Crippen molar-refractivity contribution < 1.29 is 22.4 Å². The molecule has 1 heterocycles. The van der Waals surface area contributed by atoms with E-state index in [2.05, 4.69) is 10.5 Å². The van der Waals surface area contributed by atoms with Gasteiger partial charge in [-0.15, -0.1) is 0 Å². The number of rotatable bonds is 7. The van der Waals surface area contributed by atoms with Crippen molar-refractivity contribution in [1.82, 2.24) is 5.43 Å². The van der Waals surface area contributed by atoms with E-state index in [4.69, 9.17) is 9.15 Å². The average molecular weight is 412 g/mol. The van der Waals surface area contributed by atoms with Crippen molar-refractivity contribution in [3.05, 3.63) is 83.8 Å². The third kappa shape index (κ3) is 5.55. The van der Waals surface area contributed by atoms with Crippen molar-refractivity contribution in [3.63, 3.8) is 0 Å². The van der Waals surface area contributed by atoms with Gasteiger partial charge in [-0.2, -0.15) is 5.10 Å². The first-order valence-electron chi connectivity index (χ1n) is 8.74. The highest BCUT2D eigenvalue weighted by atomic mass is 32.2. The molecule has 3 aromatic rings. The van der Waals surface area contributed by atoms with Gasteiger partial charge in [0.2, 0.25) is 0 Å². The van der Waals surface area contributed by atoms with Gasteiger partial charge >= 0.3 is 5.91 Å². The molecule has 0 bridgehead atoms. The van der Waals surface area contributed by atoms with Gasteiger partial charge < -0.3 is 9.15 Å². The zero-order valence-corrected chi connectivity index (χ0v) is 16.8. The predicted molar refractivity (Wildman–Crippen MR) is 109 cm³/mol. The maximum atomic E-state index is 12.2. The molecule has 1 aromatic heterocycles. The van der Waals surface area contributed by atoms with Crippen LogP contribution in [0, 0.1) is 0 Å². The second-order valence-electron chi connectivity index (χ2n) is 6.30. The first-order valence-corrected chi connectivity index (χ1v) is 10.6. The van der Waals surface area contributed by atoms with E-state index in [9.17, 15) is 13.2 Å². The normalized spacial score (nSPS) is 11.9. The third-order valence-electron chi connectivity index (χ3n) is 4.04. The fraction of sp³-hybridized carbons (Fsp3) is 0.143. The van der Waals surface area contributed by atoms with Crippen molar-refractivity contribution in [1.29, 1.82) is 0 Å². The fourth-order valence-electron chi connectivity index (χ4n) is 2.45. The minimum Gasteiger partial charge on any atom is -0.486 e. The number of para-hydroxylation sites is 1. The Labute approximate surface area is 168 Å². The number of benzene rings is 2. The zero-order valence-electron chi connectivity index (χ0n) is 16.0. The molecule has 29 heavy (non-hydrogen) atoms. The Morgan fingerprint density at radius 3 is 2.38 bits per heavy atom. The number of carbonyl (C=O) groups excluding carboxylic acids is 1. The molecule has 0 spiro atoms. The number of carbonyl (C=O) groups is 1. The van der Waals surface area contributed by atoms with E-state index >= 15 is 0 Å². The second kappa shape index (κ2) is 8.74. The van der Waals surface area contributed by atoms with Gasteiger partial charge in [-0.05, 0) is 48.9 Å². The third-order valence-corrected chi connectivity index (χ3v) is 5.16. The van der Waals surface area contributed by atoms with Gasteiger partial charge in [-0.3, -0.25) is 4.79 Å². The smallest absolute Gasteiger partial charge is 0.307 e. The molecule has 1 amide bonds. The van der Waals surface area contributed by atoms with E-state index in [1.54, 1.807) is 31.2 Å². The molecule has 0 aliphatic carbocycles. The van der Waals surface area contributed by atoms with Crippen molar-refractivity contribution in [2.24, 2.45) is 5.10 Å². The molecular formula is C21H20N2O5S. The minimum absolute atomic E-state index is 0.112. The van der Waals surface area contributed by atoms with Gasteiger partial charge in [0, 0.05) is 6.26 Å². The number of furan rings is 1. The summed E-state index contributed by atoms with van der Waals surface area (Å²) in [6.07, 6.45) is 1.14. The highest BCUT2D eigenvalue weighted by Crippen LogP contribution is 2.14. The highest BCUT2D eigenvalue weighted by molar-refractivity contribution is 7.90. The zero-order chi connectivity index (χ0) is 20.9. The van der Waals surface area contributed by atoms with Gasteiger partial charge in [0.1, 0.15) is 18.1 Å². The van der Waals surface area contributed by atoms with Crippen LogP contribution in [0.1, 0.15) is 28.8 Å². The van der Waals surface area contributed by atoms with Crippen LogP contribution in [-0.2, 0) is 16.4 Å². The number of hydrogen-bond acceptors (Lipinski definition) is 6. The first-order chi connectivity index (χ1) is 13.8. The predicted octanol–water partition coefficient (Wildman–Crippen LogP) is 3.42. The maximum absolute atomic E-state index is 12.2. The van der Waals surface area contributed by atoms with E-state index in [0.29, 0.717) is 22.8 Å². The number of amides is 1. The van der Waals surface area contributed by atoms with E-state index in [1.165, 1.54) is 12.1 Å². The lowest BCUT2D eigenvalue weighted by Gasteiger charge is -2.04. The van der Waals surface area contributed by atoms with Gasteiger partial charge in [-0.25, -0.2) is 13.8 Å². The summed E-state index contributed by atoms with van der Waals surface area (Å²) in [5.41, 5.74) is 3.64. The molecule has 3 rings (SSSR count). The summed E-state index contributed by atoms with van der Waals surface area (Å²) in [7, 11) is -3.26. The molecule has 1 N–H and O–H groups in total. The average Bonchev–Trinajstić information content (AvgIpc) is 3.19. The summed E-state index contributed by atoms with van der Waals surface area (Å²) in [5, 5.41) is 4.04. The van der Waals surface area contributed by atoms with Crippen LogP contribution < -0.4 is 10.2 Å². The molecule has 0 atom stereocenters. The molecule has 0 aliphatic rings. The van der Waals surface area contributed by atoms with E-state index in [-0.39, 0.29) is 17.3 Å². The molecule has 0 saturated heterocycles. The maximum Gasteiger partial charge on any atom is 0.307 e. The van der Waals surface area contributed by atoms with Gasteiger partial charge in [0.05, 0.1) is 10.6 Å². The highest BCUT2D eigenvalue weighted by Gasteiger charge is 2.12. The lowest BCUT2D eigenvalue weighted by molar-refractivity contribution is 0.0923. The molecule has 0 saturated carbocycles. The van der Waals surface area contributed by atoms with Crippen molar-refractivity contribution >= 4 is 21.5 Å². The van der Waals surface area contributed by atoms with Crippen LogP contribution in [0.4, 0.5) is 0 Å². The molecule has 150 valence electrons. The molecular weight excluding hydrogens is 392 g/mol. The second-order valence-corrected chi connectivity index (χ2v) is 8.32. The monoisotopic (exact) mass is 412 g/mol. The van der Waals surface area contributed by atoms with Gasteiger partial charge in [0.25, 0.3) is 0 Å². The standard InChI is InChI=1S/C21H20N2O5S/c1-15(16-8-11-19(12-9-16)29(2,25)26)22-23-21(24)20-13-10-18(28-20)14-27-17-6-4-3-5-7-17/h3-13H,14H2,1-2H3,(H,23,24)/b22-15-. The molecule has 7 nitrogen and oxygen atoms in total. The van der Waals surface area contributed by atoms with Crippen LogP contribution in [0.3, 0.4) is 0 Å². The molecule has 0 fully saturated rings. The lowest BCUT2D eigenvalue weighted by atomic mass is 10.1. The van der Waals surface area contributed by atoms with Gasteiger partial charge in [0.15, 0.2) is 15.6 Å². The lowest BCUT2D eigenvalue weighted by Crippen LogP contribution is -2.18. The van der Waals surface area contributed by atoms with E-state index < -0.39 is 15.7 Å². The summed E-state index contributed by atoms with van der Waals surface area (Å²) >= 11 is 0. The van der Waals surface area contributed by atoms with Crippen LogP contribution in [-0.4, -0.2) is 26.3 Å². The SMILES string of the molecule is C/C(=N/NC(=O)c1ccc(COc2ccccc2)o1)c1ccc(S(C)(=O)=O)cc1. The Morgan fingerprint density at radius 1 is 1.03 bits per heavy atom. The summed E-state index contributed by atoms with van der Waals surface area (Å²) in [6.45, 7) is 1.91. The molecule has 0 radical (unpaired) electrons. The summed E-state index contributed by atoms with van der Waals surface area (Å²) in [5.74, 6) is 0.830. The first kappa shape index (κ1) is 20.3. The quantitative estimate of drug-likeness (QED) is 0.474. The Kier molecular flexibility index (Phi) is 6.13. The topological polar surface area (TPSA) is 98.0 Å². The van der Waals surface area contributed by atoms with Crippen molar-refractivity contribution in [3.8, 4) is 5.75 Å².